The Balaban J connectivity index is 2.20. The van der Waals surface area contributed by atoms with Crippen molar-refractivity contribution in [2.24, 2.45) is 4.99 Å². The van der Waals surface area contributed by atoms with Crippen molar-refractivity contribution in [3.8, 4) is 0 Å². The zero-order valence-corrected chi connectivity index (χ0v) is 13.3. The molecule has 0 saturated heterocycles. The van der Waals surface area contributed by atoms with E-state index in [4.69, 9.17) is 11.6 Å². The number of aromatic nitrogens is 1. The van der Waals surface area contributed by atoms with Crippen LogP contribution in [-0.2, 0) is 6.54 Å². The van der Waals surface area contributed by atoms with Gasteiger partial charge in [0.15, 0.2) is 4.80 Å². The van der Waals surface area contributed by atoms with Gasteiger partial charge in [-0.15, -0.1) is 0 Å². The van der Waals surface area contributed by atoms with Crippen molar-refractivity contribution >= 4 is 39.1 Å². The number of fused-ring (bicyclic) bond motifs is 1. The molecule has 0 saturated carbocycles. The van der Waals surface area contributed by atoms with E-state index < -0.39 is 5.91 Å². The van der Waals surface area contributed by atoms with Gasteiger partial charge in [-0.3, -0.25) is 4.79 Å². The number of hydrogen-bond donors (Lipinski definition) is 0. The summed E-state index contributed by atoms with van der Waals surface area (Å²) in [6, 6.07) is 11.6. The van der Waals surface area contributed by atoms with E-state index >= 15 is 0 Å². The lowest BCUT2D eigenvalue weighted by Crippen LogP contribution is -2.16. The van der Waals surface area contributed by atoms with E-state index in [2.05, 4.69) is 4.99 Å². The third kappa shape index (κ3) is 2.58. The first-order valence-electron chi connectivity index (χ1n) is 6.73. The number of nitrogens with zero attached hydrogens (tertiary/aromatic N) is 2. The number of carbonyl (C=O) groups excluding carboxylic acids is 1. The first-order chi connectivity index (χ1) is 10.6. The highest BCUT2D eigenvalue weighted by molar-refractivity contribution is 7.16. The van der Waals surface area contributed by atoms with E-state index in [1.54, 1.807) is 34.9 Å². The minimum absolute atomic E-state index is 0.317. The predicted octanol–water partition coefficient (Wildman–Crippen LogP) is 4.26. The quantitative estimate of drug-likeness (QED) is 0.689. The molecular weight excluding hydrogens is 323 g/mol. The van der Waals surface area contributed by atoms with Crippen LogP contribution in [0.4, 0.5) is 4.39 Å². The third-order valence-corrected chi connectivity index (χ3v) is 4.64. The Bertz CT molecular complexity index is 929. The van der Waals surface area contributed by atoms with Crippen LogP contribution in [0, 0.1) is 5.82 Å². The molecule has 3 aromatic rings. The van der Waals surface area contributed by atoms with Crippen LogP contribution in [0.5, 0.6) is 0 Å². The number of hydrogen-bond acceptors (Lipinski definition) is 2. The van der Waals surface area contributed by atoms with Gasteiger partial charge in [-0.25, -0.2) is 4.39 Å². The fourth-order valence-electron chi connectivity index (χ4n) is 2.25. The van der Waals surface area contributed by atoms with E-state index in [9.17, 15) is 9.18 Å². The maximum Gasteiger partial charge on any atom is 0.281 e. The molecule has 0 aliphatic carbocycles. The van der Waals surface area contributed by atoms with E-state index in [1.807, 2.05) is 13.0 Å². The second kappa shape index (κ2) is 6.02. The van der Waals surface area contributed by atoms with Crippen molar-refractivity contribution in [1.29, 1.82) is 0 Å². The number of rotatable bonds is 2. The van der Waals surface area contributed by atoms with Crippen molar-refractivity contribution in [2.45, 2.75) is 13.5 Å². The van der Waals surface area contributed by atoms with Crippen molar-refractivity contribution in [3.05, 3.63) is 63.7 Å². The molecule has 0 spiro atoms. The zero-order chi connectivity index (χ0) is 15.7. The van der Waals surface area contributed by atoms with Crippen LogP contribution in [0.15, 0.2) is 47.5 Å². The molecule has 0 fully saturated rings. The molecule has 0 N–H and O–H groups in total. The molecule has 0 bridgehead atoms. The number of aryl methyl sites for hydroxylation is 1. The standard InChI is InChI=1S/C16H12ClFN2OS/c1-2-20-14-12(18)8-5-9-13(14)22-16(20)19-15(21)10-6-3-4-7-11(10)17/h3-9H,2H2,1H3. The molecule has 3 rings (SSSR count). The molecule has 2 aromatic carbocycles. The second-order valence-electron chi connectivity index (χ2n) is 4.61. The van der Waals surface area contributed by atoms with Gasteiger partial charge < -0.3 is 4.57 Å². The fourth-order valence-corrected chi connectivity index (χ4v) is 3.57. The van der Waals surface area contributed by atoms with Crippen LogP contribution in [0.3, 0.4) is 0 Å². The zero-order valence-electron chi connectivity index (χ0n) is 11.7. The lowest BCUT2D eigenvalue weighted by Gasteiger charge is -2.01. The SMILES string of the molecule is CCn1c(=NC(=O)c2ccccc2Cl)sc2cccc(F)c21. The van der Waals surface area contributed by atoms with E-state index in [0.29, 0.717) is 27.4 Å². The topological polar surface area (TPSA) is 34.4 Å². The highest BCUT2D eigenvalue weighted by Gasteiger charge is 2.12. The second-order valence-corrected chi connectivity index (χ2v) is 6.03. The maximum atomic E-state index is 14.0. The van der Waals surface area contributed by atoms with Gasteiger partial charge in [0, 0.05) is 6.54 Å². The van der Waals surface area contributed by atoms with Crippen LogP contribution >= 0.6 is 22.9 Å². The van der Waals surface area contributed by atoms with Crippen LogP contribution in [0.2, 0.25) is 5.02 Å². The van der Waals surface area contributed by atoms with Crippen LogP contribution in [0.25, 0.3) is 10.2 Å². The van der Waals surface area contributed by atoms with Gasteiger partial charge in [0.2, 0.25) is 0 Å². The number of carbonyl (C=O) groups is 1. The van der Waals surface area contributed by atoms with Crippen molar-refractivity contribution < 1.29 is 9.18 Å². The molecule has 1 aromatic heterocycles. The van der Waals surface area contributed by atoms with E-state index in [1.165, 1.54) is 17.4 Å². The summed E-state index contributed by atoms with van der Waals surface area (Å²) in [5.74, 6) is -0.748. The van der Waals surface area contributed by atoms with Gasteiger partial charge in [-0.1, -0.05) is 41.1 Å². The van der Waals surface area contributed by atoms with E-state index in [-0.39, 0.29) is 5.82 Å². The highest BCUT2D eigenvalue weighted by Crippen LogP contribution is 2.21. The molecule has 0 radical (unpaired) electrons. The number of benzene rings is 2. The molecule has 0 unspecified atom stereocenters. The Morgan fingerprint density at radius 2 is 2.05 bits per heavy atom. The van der Waals surface area contributed by atoms with Gasteiger partial charge in [0.05, 0.1) is 20.8 Å². The van der Waals surface area contributed by atoms with Gasteiger partial charge in [0.1, 0.15) is 5.82 Å². The minimum Gasteiger partial charge on any atom is -0.314 e. The van der Waals surface area contributed by atoms with Gasteiger partial charge in [0.25, 0.3) is 5.91 Å². The maximum absolute atomic E-state index is 14.0. The van der Waals surface area contributed by atoms with Crippen LogP contribution < -0.4 is 4.80 Å². The smallest absolute Gasteiger partial charge is 0.281 e. The predicted molar refractivity (Wildman–Crippen MR) is 86.8 cm³/mol. The molecule has 0 aliphatic heterocycles. The Morgan fingerprint density at radius 3 is 2.77 bits per heavy atom. The van der Waals surface area contributed by atoms with Crippen LogP contribution in [-0.4, -0.2) is 10.5 Å². The molecule has 6 heteroatoms. The molecule has 0 atom stereocenters. The van der Waals surface area contributed by atoms with Crippen molar-refractivity contribution in [3.63, 3.8) is 0 Å². The average Bonchev–Trinajstić information content (AvgIpc) is 2.86. The fraction of sp³-hybridized carbons (Fsp3) is 0.125. The van der Waals surface area contributed by atoms with Crippen molar-refractivity contribution in [2.75, 3.05) is 0 Å². The summed E-state index contributed by atoms with van der Waals surface area (Å²) in [6.45, 7) is 2.41. The number of halogens is 2. The Kier molecular flexibility index (Phi) is 4.09. The molecule has 1 heterocycles. The largest absolute Gasteiger partial charge is 0.314 e. The summed E-state index contributed by atoms with van der Waals surface area (Å²) in [4.78, 5) is 16.9. The Labute approximate surface area is 135 Å². The van der Waals surface area contributed by atoms with Crippen LogP contribution in [0.1, 0.15) is 17.3 Å². The number of thiazole rings is 1. The summed E-state index contributed by atoms with van der Waals surface area (Å²) >= 11 is 7.30. The lowest BCUT2D eigenvalue weighted by atomic mass is 10.2. The summed E-state index contributed by atoms with van der Waals surface area (Å²) < 4.78 is 16.5. The van der Waals surface area contributed by atoms with E-state index in [0.717, 1.165) is 4.70 Å². The normalized spacial score (nSPS) is 12.0. The summed E-state index contributed by atoms with van der Waals surface area (Å²) in [5, 5.41) is 0.353. The highest BCUT2D eigenvalue weighted by atomic mass is 35.5. The number of amides is 1. The lowest BCUT2D eigenvalue weighted by molar-refractivity contribution is 0.0998. The molecule has 22 heavy (non-hydrogen) atoms. The average molecular weight is 335 g/mol. The first kappa shape index (κ1) is 14.9. The molecule has 1 amide bonds. The van der Waals surface area contributed by atoms with Gasteiger partial charge in [-0.2, -0.15) is 4.99 Å². The third-order valence-electron chi connectivity index (χ3n) is 3.27. The monoisotopic (exact) mass is 334 g/mol. The Hall–Kier alpha value is -1.98. The van der Waals surface area contributed by atoms with Crippen molar-refractivity contribution in [1.82, 2.24) is 4.57 Å². The molecular formula is C16H12ClFN2OS. The summed E-state index contributed by atoms with van der Waals surface area (Å²) in [6.07, 6.45) is 0. The molecule has 112 valence electrons. The molecule has 3 nitrogen and oxygen atoms in total. The summed E-state index contributed by atoms with van der Waals surface area (Å²) in [7, 11) is 0. The Morgan fingerprint density at radius 1 is 1.27 bits per heavy atom. The number of para-hydroxylation sites is 1. The van der Waals surface area contributed by atoms with Gasteiger partial charge >= 0.3 is 0 Å². The first-order valence-corrected chi connectivity index (χ1v) is 7.92. The summed E-state index contributed by atoms with van der Waals surface area (Å²) in [5.41, 5.74) is 0.811. The van der Waals surface area contributed by atoms with Gasteiger partial charge in [-0.05, 0) is 31.2 Å². The molecule has 0 aliphatic rings. The minimum atomic E-state index is -0.431.